The van der Waals surface area contributed by atoms with Gasteiger partial charge >= 0.3 is 18.3 Å². The predicted molar refractivity (Wildman–Crippen MR) is 186 cm³/mol. The van der Waals surface area contributed by atoms with E-state index >= 15 is 0 Å². The topological polar surface area (TPSA) is 174 Å². The number of hydrogen-bond acceptors (Lipinski definition) is 10. The first-order valence-corrected chi connectivity index (χ1v) is 17.8. The summed E-state index contributed by atoms with van der Waals surface area (Å²) in [6, 6.07) is -0.00286. The molecule has 0 bridgehead atoms. The lowest BCUT2D eigenvalue weighted by Gasteiger charge is -2.21. The van der Waals surface area contributed by atoms with Crippen molar-refractivity contribution in [2.45, 2.75) is 140 Å². The first-order valence-electron chi connectivity index (χ1n) is 20.0. The summed E-state index contributed by atoms with van der Waals surface area (Å²) in [6.07, 6.45) is -8.61. The van der Waals surface area contributed by atoms with Gasteiger partial charge in [-0.2, -0.15) is 35.1 Å². The third-order valence-corrected chi connectivity index (χ3v) is 8.01. The Morgan fingerprint density at radius 2 is 1.14 bits per heavy atom. The second-order valence-corrected chi connectivity index (χ2v) is 12.6. The number of carbonyl (C=O) groups is 4. The fourth-order valence-electron chi connectivity index (χ4n) is 5.09. The number of benzene rings is 1. The number of aliphatic hydroxyl groups excluding tert-OH is 4. The van der Waals surface area contributed by atoms with Gasteiger partial charge in [-0.3, -0.25) is 19.2 Å². The van der Waals surface area contributed by atoms with Crippen molar-refractivity contribution < 1.29 is 95.4 Å². The van der Waals surface area contributed by atoms with E-state index in [0.717, 1.165) is 6.42 Å². The van der Waals surface area contributed by atoms with Gasteiger partial charge in [-0.1, -0.05) is 25.7 Å². The second-order valence-electron chi connectivity index (χ2n) is 12.6. The van der Waals surface area contributed by atoms with Crippen molar-refractivity contribution in [3.63, 3.8) is 0 Å². The Bertz CT molecular complexity index is 1460. The first-order chi connectivity index (χ1) is 28.9. The molecule has 0 aromatic heterocycles. The van der Waals surface area contributed by atoms with Crippen LogP contribution in [0.2, 0.25) is 0 Å². The van der Waals surface area contributed by atoms with Crippen molar-refractivity contribution in [2.75, 3.05) is 27.3 Å². The summed E-state index contributed by atoms with van der Waals surface area (Å²) in [5.74, 6) is -18.2. The Kier molecular flexibility index (Phi) is 24.3. The molecule has 58 heavy (non-hydrogen) atoms. The molecule has 2 saturated heterocycles. The maximum atomic E-state index is 13.3. The molecule has 11 nitrogen and oxygen atoms in total. The Labute approximate surface area is 334 Å². The molecule has 4 atom stereocenters. The Morgan fingerprint density at radius 3 is 1.52 bits per heavy atom. The number of alkyl halides is 6. The average molecular weight is 873 g/mol. The third-order valence-electron chi connectivity index (χ3n) is 8.01. The highest BCUT2D eigenvalue weighted by Crippen LogP contribution is 2.30. The summed E-state index contributed by atoms with van der Waals surface area (Å²) in [4.78, 5) is 46.1. The molecule has 1 amide bonds. The fourth-order valence-corrected chi connectivity index (χ4v) is 5.09. The number of nitrogens with one attached hydrogen (secondary N) is 1. The molecule has 338 valence electrons. The molecule has 2 aliphatic heterocycles. The molecule has 1 aromatic rings. The average Bonchev–Trinajstić information content (AvgIpc) is 3.82. The van der Waals surface area contributed by atoms with Crippen LogP contribution in [0.25, 0.3) is 0 Å². The quantitative estimate of drug-likeness (QED) is 0.0344. The molecular formula is C36H53F11N2O9. The van der Waals surface area contributed by atoms with Crippen LogP contribution in [0.15, 0.2) is 0 Å². The lowest BCUT2D eigenvalue weighted by atomic mass is 10.1. The van der Waals surface area contributed by atoms with Crippen LogP contribution >= 0.6 is 0 Å². The molecule has 2 aliphatic rings. The monoisotopic (exact) mass is 872 g/mol. The smallest absolute Gasteiger partial charge is 0.420 e. The number of carbonyl (C=O) groups excluding carboxylic acids is 4. The minimum Gasteiger partial charge on any atom is -0.420 e. The van der Waals surface area contributed by atoms with Crippen molar-refractivity contribution in [3.05, 3.63) is 29.1 Å². The SMILES string of the molecule is O=C(CCCCCCC(=O)C(F)(F)F)Oc1c(F)c(F)c(F)c(F)c1F.[2H]C[C@@H]1C[C@@H](O)CN1.[2H]C[C@@H]1C[C@@H](O)CN1C(=O)CCCCCCC(=O)C(F)(F)F.[3H]OC.[3H]OC. The number of ether oxygens (including phenoxy) is 1. The van der Waals surface area contributed by atoms with Gasteiger partial charge in [0.2, 0.25) is 55.2 Å². The Balaban J connectivity index is 0. The lowest BCUT2D eigenvalue weighted by molar-refractivity contribution is -0.171. The van der Waals surface area contributed by atoms with Gasteiger partial charge in [0.15, 0.2) is 0 Å². The van der Waals surface area contributed by atoms with Crippen LogP contribution in [-0.2, 0) is 19.2 Å². The van der Waals surface area contributed by atoms with Crippen molar-refractivity contribution >= 4 is 23.4 Å². The molecule has 0 radical (unpaired) electrons. The molecular weight excluding hydrogens is 813 g/mol. The number of rotatable bonds is 15. The highest BCUT2D eigenvalue weighted by atomic mass is 19.4. The molecule has 0 aliphatic carbocycles. The summed E-state index contributed by atoms with van der Waals surface area (Å²) in [6.45, 7) is 1.37. The van der Waals surface area contributed by atoms with Gasteiger partial charge in [-0.25, -0.2) is 13.2 Å². The number of ketones is 2. The van der Waals surface area contributed by atoms with E-state index in [1.165, 1.54) is 19.1 Å². The second kappa shape index (κ2) is 28.9. The zero-order valence-electron chi connectivity index (χ0n) is 35.9. The van der Waals surface area contributed by atoms with Gasteiger partial charge in [0.05, 0.1) is 12.2 Å². The van der Waals surface area contributed by atoms with Gasteiger partial charge in [-0.15, -0.1) is 0 Å². The highest BCUT2D eigenvalue weighted by Gasteiger charge is 2.38. The molecule has 0 saturated carbocycles. The van der Waals surface area contributed by atoms with Gasteiger partial charge in [0.1, 0.15) is 0 Å². The summed E-state index contributed by atoms with van der Waals surface area (Å²) in [5, 5.41) is 28.4. The zero-order chi connectivity index (χ0) is 48.2. The number of unbranched alkanes of at least 4 members (excludes halogenated alkanes) is 6. The van der Waals surface area contributed by atoms with Gasteiger partial charge in [-0.05, 0) is 52.3 Å². The number of aliphatic hydroxyl groups is 4. The maximum absolute atomic E-state index is 13.3. The van der Waals surface area contributed by atoms with Crippen LogP contribution in [0.5, 0.6) is 5.75 Å². The lowest BCUT2D eigenvalue weighted by Crippen LogP contribution is -2.34. The van der Waals surface area contributed by atoms with Gasteiger partial charge < -0.3 is 35.4 Å². The first kappa shape index (κ1) is 48.9. The van der Waals surface area contributed by atoms with E-state index in [1.54, 1.807) is 0 Å². The minimum atomic E-state index is -4.91. The van der Waals surface area contributed by atoms with E-state index in [0.29, 0.717) is 39.1 Å². The van der Waals surface area contributed by atoms with Crippen LogP contribution in [0.1, 0.15) is 106 Å². The molecule has 0 spiro atoms. The number of amides is 1. The predicted octanol–water partition coefficient (Wildman–Crippen LogP) is 6.15. The van der Waals surface area contributed by atoms with Crippen LogP contribution < -0.4 is 10.1 Å². The van der Waals surface area contributed by atoms with Crippen molar-refractivity contribution in [3.8, 4) is 5.75 Å². The van der Waals surface area contributed by atoms with Crippen molar-refractivity contribution in [2.24, 2.45) is 0 Å². The molecule has 1 aromatic carbocycles. The Morgan fingerprint density at radius 1 is 0.707 bits per heavy atom. The molecule has 2 fully saturated rings. The number of halogens is 11. The normalized spacial score (nSPS) is 19.5. The molecule has 0 unspecified atom stereocenters. The van der Waals surface area contributed by atoms with Crippen LogP contribution in [0, 0.1) is 29.1 Å². The summed E-state index contributed by atoms with van der Waals surface area (Å²) in [7, 11) is 2.58. The van der Waals surface area contributed by atoms with Crippen LogP contribution in [0.4, 0.5) is 48.3 Å². The molecule has 3 rings (SSSR count). The van der Waals surface area contributed by atoms with E-state index < -0.39 is 90.1 Å². The van der Waals surface area contributed by atoms with E-state index in [4.69, 9.17) is 10.7 Å². The molecule has 22 heteroatoms. The van der Waals surface area contributed by atoms with Gasteiger partial charge in [0, 0.05) is 67.8 Å². The van der Waals surface area contributed by atoms with Crippen LogP contribution in [0.3, 0.4) is 0 Å². The summed E-state index contributed by atoms with van der Waals surface area (Å²) in [5.41, 5.74) is 0. The number of β-amino-alcohol motifs (C(OH)–C–C–N with tert-alkyl or cyclic N) is 2. The fraction of sp³-hybridized carbons (Fsp3) is 0.722. The van der Waals surface area contributed by atoms with Crippen molar-refractivity contribution in [1.29, 1.82) is 2.86 Å². The minimum absolute atomic E-state index is 0.0223. The number of Topliss-reactive ketones (excluding diaryl/α,β-unsaturated/α-hetero) is 2. The van der Waals surface area contributed by atoms with E-state index in [1.807, 2.05) is 0 Å². The summed E-state index contributed by atoms with van der Waals surface area (Å²) < 4.78 is 167. The largest absolute Gasteiger partial charge is 0.449 e. The zero-order valence-corrected chi connectivity index (χ0v) is 31.9. The Hall–Kier alpha value is -3.47. The van der Waals surface area contributed by atoms with E-state index in [-0.39, 0.29) is 76.1 Å². The van der Waals surface area contributed by atoms with E-state index in [9.17, 15) is 72.6 Å². The number of hydrogen-bond donors (Lipinski definition) is 5. The molecule has 5 N–H and O–H groups in total. The van der Waals surface area contributed by atoms with E-state index in [2.05, 4.69) is 20.3 Å². The van der Waals surface area contributed by atoms with Crippen molar-refractivity contribution in [1.82, 2.24) is 10.2 Å². The van der Waals surface area contributed by atoms with Gasteiger partial charge in [0.25, 0.3) is 0 Å². The highest BCUT2D eigenvalue weighted by molar-refractivity contribution is 5.84. The van der Waals surface area contributed by atoms with Crippen LogP contribution in [-0.4, -0.2) is 116 Å². The standard InChI is InChI=1S/C15H12F8O3.C14H22F3NO3.C5H11NO.2CH4O/c16-9-10(17)12(19)14(13(20)11(9)18)26-8(25)6-4-2-1-3-5-7(24)15(21,22)23;1-10-8-11(19)9-18(10)13(21)7-5-3-2-4-6-12(20)14(15,16)17;1-4-2-5(7)3-6-4;2*1-2/h1-6H2;10-11,19H,2-9H2,1H3;4-7H,2-3H2,1H3;2*2H,1H3/t;10-,11-;4-,5-;;/m.11../s1/i;2*1D;2*2T. The molecule has 2 heterocycles. The maximum Gasteiger partial charge on any atom is 0.449 e. The third kappa shape index (κ3) is 22.1. The number of esters is 1. The number of likely N-dealkylation sites (tertiary alicyclic amines) is 1. The summed E-state index contributed by atoms with van der Waals surface area (Å²) >= 11 is 0. The number of nitrogens with zero attached hydrogens (tertiary/aromatic N) is 1.